The SMILES string of the molecule is Cc1nc2ncc(Cl)c(C)c2[nH]1. The standard InChI is InChI=1S/C8H8ClN3/c1-4-6(9)3-10-8-7(4)11-5(2)12-8/h3H,1-2H3,(H,10,11,12). The van der Waals surface area contributed by atoms with Crippen molar-refractivity contribution in [1.82, 2.24) is 15.0 Å². The molecule has 0 bridgehead atoms. The van der Waals surface area contributed by atoms with Gasteiger partial charge in [0.15, 0.2) is 5.65 Å². The molecule has 0 unspecified atom stereocenters. The lowest BCUT2D eigenvalue weighted by atomic mass is 10.3. The van der Waals surface area contributed by atoms with Gasteiger partial charge in [-0.3, -0.25) is 0 Å². The summed E-state index contributed by atoms with van der Waals surface area (Å²) in [7, 11) is 0. The van der Waals surface area contributed by atoms with Crippen LogP contribution in [0.5, 0.6) is 0 Å². The number of H-pyrrole nitrogens is 1. The van der Waals surface area contributed by atoms with Gasteiger partial charge in [-0.1, -0.05) is 11.6 Å². The summed E-state index contributed by atoms with van der Waals surface area (Å²) >= 11 is 5.89. The number of hydrogen-bond acceptors (Lipinski definition) is 2. The highest BCUT2D eigenvalue weighted by Gasteiger charge is 2.05. The molecule has 12 heavy (non-hydrogen) atoms. The summed E-state index contributed by atoms with van der Waals surface area (Å²) in [6.07, 6.45) is 1.62. The highest BCUT2D eigenvalue weighted by atomic mass is 35.5. The van der Waals surface area contributed by atoms with Crippen LogP contribution in [-0.4, -0.2) is 15.0 Å². The number of aromatic nitrogens is 3. The van der Waals surface area contributed by atoms with Crippen LogP contribution < -0.4 is 0 Å². The number of hydrogen-bond donors (Lipinski definition) is 1. The Labute approximate surface area is 74.8 Å². The van der Waals surface area contributed by atoms with Gasteiger partial charge in [0.25, 0.3) is 0 Å². The molecule has 0 aromatic carbocycles. The van der Waals surface area contributed by atoms with E-state index >= 15 is 0 Å². The first-order valence-corrected chi connectivity index (χ1v) is 4.03. The zero-order valence-corrected chi connectivity index (χ0v) is 7.61. The molecule has 2 heterocycles. The smallest absolute Gasteiger partial charge is 0.178 e. The van der Waals surface area contributed by atoms with Crippen molar-refractivity contribution in [3.63, 3.8) is 0 Å². The molecule has 0 aliphatic carbocycles. The Hall–Kier alpha value is -1.09. The molecule has 0 aliphatic heterocycles. The van der Waals surface area contributed by atoms with Crippen LogP contribution in [0, 0.1) is 13.8 Å². The third-order valence-electron chi connectivity index (χ3n) is 1.84. The Bertz CT molecular complexity index is 433. The molecule has 2 aromatic heterocycles. The van der Waals surface area contributed by atoms with Crippen LogP contribution >= 0.6 is 11.6 Å². The molecule has 3 nitrogen and oxygen atoms in total. The fraction of sp³-hybridized carbons (Fsp3) is 0.250. The largest absolute Gasteiger partial charge is 0.341 e. The third-order valence-corrected chi connectivity index (χ3v) is 2.22. The van der Waals surface area contributed by atoms with Crippen molar-refractivity contribution in [3.05, 3.63) is 22.6 Å². The minimum absolute atomic E-state index is 0.672. The third kappa shape index (κ3) is 0.975. The number of pyridine rings is 1. The summed E-state index contributed by atoms with van der Waals surface area (Å²) in [4.78, 5) is 11.4. The lowest BCUT2D eigenvalue weighted by molar-refractivity contribution is 1.16. The topological polar surface area (TPSA) is 41.6 Å². The van der Waals surface area contributed by atoms with Crippen LogP contribution in [0.4, 0.5) is 0 Å². The predicted octanol–water partition coefficient (Wildman–Crippen LogP) is 2.23. The van der Waals surface area contributed by atoms with Crippen molar-refractivity contribution in [3.8, 4) is 0 Å². The summed E-state index contributed by atoms with van der Waals surface area (Å²) in [6.45, 7) is 3.85. The maximum atomic E-state index is 5.89. The van der Waals surface area contributed by atoms with E-state index in [4.69, 9.17) is 11.6 Å². The Morgan fingerprint density at radius 1 is 1.42 bits per heavy atom. The van der Waals surface area contributed by atoms with E-state index in [1.165, 1.54) is 0 Å². The molecule has 62 valence electrons. The van der Waals surface area contributed by atoms with Gasteiger partial charge in [-0.05, 0) is 19.4 Å². The van der Waals surface area contributed by atoms with Crippen molar-refractivity contribution in [2.45, 2.75) is 13.8 Å². The summed E-state index contributed by atoms with van der Waals surface area (Å²) in [5.74, 6) is 0.864. The summed E-state index contributed by atoms with van der Waals surface area (Å²) in [5.41, 5.74) is 2.66. The van der Waals surface area contributed by atoms with Gasteiger partial charge in [-0.2, -0.15) is 0 Å². The number of nitrogens with one attached hydrogen (secondary N) is 1. The second-order valence-electron chi connectivity index (χ2n) is 2.75. The van der Waals surface area contributed by atoms with Crippen molar-refractivity contribution >= 4 is 22.8 Å². The van der Waals surface area contributed by atoms with E-state index in [0.29, 0.717) is 5.02 Å². The number of aromatic amines is 1. The predicted molar refractivity (Wildman–Crippen MR) is 48.4 cm³/mol. The monoisotopic (exact) mass is 181 g/mol. The Morgan fingerprint density at radius 2 is 2.17 bits per heavy atom. The first-order valence-electron chi connectivity index (χ1n) is 3.66. The molecular weight excluding hydrogens is 174 g/mol. The molecule has 0 amide bonds. The fourth-order valence-corrected chi connectivity index (χ4v) is 1.31. The molecular formula is C8H8ClN3. The van der Waals surface area contributed by atoms with Crippen molar-refractivity contribution in [2.24, 2.45) is 0 Å². The zero-order chi connectivity index (χ0) is 8.72. The lowest BCUT2D eigenvalue weighted by Gasteiger charge is -1.95. The van der Waals surface area contributed by atoms with Crippen LogP contribution in [-0.2, 0) is 0 Å². The number of halogens is 1. The van der Waals surface area contributed by atoms with E-state index in [-0.39, 0.29) is 0 Å². The highest BCUT2D eigenvalue weighted by molar-refractivity contribution is 6.31. The molecule has 0 spiro atoms. The summed E-state index contributed by atoms with van der Waals surface area (Å²) < 4.78 is 0. The van der Waals surface area contributed by atoms with Crippen LogP contribution in [0.25, 0.3) is 11.2 Å². The number of rotatable bonds is 0. The van der Waals surface area contributed by atoms with Crippen LogP contribution in [0.1, 0.15) is 11.4 Å². The molecule has 0 aliphatic rings. The molecule has 0 radical (unpaired) electrons. The van der Waals surface area contributed by atoms with E-state index in [0.717, 1.165) is 22.6 Å². The summed E-state index contributed by atoms with van der Waals surface area (Å²) in [5, 5.41) is 0.672. The number of fused-ring (bicyclic) bond motifs is 1. The fourth-order valence-electron chi connectivity index (χ4n) is 1.17. The minimum Gasteiger partial charge on any atom is -0.341 e. The van der Waals surface area contributed by atoms with Crippen LogP contribution in [0.15, 0.2) is 6.20 Å². The van der Waals surface area contributed by atoms with E-state index in [1.807, 2.05) is 13.8 Å². The first-order chi connectivity index (χ1) is 5.68. The van der Waals surface area contributed by atoms with E-state index in [1.54, 1.807) is 6.20 Å². The van der Waals surface area contributed by atoms with E-state index < -0.39 is 0 Å². The second kappa shape index (κ2) is 2.45. The number of nitrogens with zero attached hydrogens (tertiary/aromatic N) is 2. The van der Waals surface area contributed by atoms with Crippen molar-refractivity contribution in [1.29, 1.82) is 0 Å². The van der Waals surface area contributed by atoms with Gasteiger partial charge in [0.1, 0.15) is 5.82 Å². The molecule has 0 saturated carbocycles. The van der Waals surface area contributed by atoms with Gasteiger partial charge in [0.2, 0.25) is 0 Å². The molecule has 0 atom stereocenters. The maximum absolute atomic E-state index is 5.89. The Balaban J connectivity index is 2.89. The summed E-state index contributed by atoms with van der Waals surface area (Å²) in [6, 6.07) is 0. The molecule has 0 fully saturated rings. The van der Waals surface area contributed by atoms with E-state index in [9.17, 15) is 0 Å². The number of imidazole rings is 1. The van der Waals surface area contributed by atoms with Gasteiger partial charge < -0.3 is 4.98 Å². The highest BCUT2D eigenvalue weighted by Crippen LogP contribution is 2.20. The lowest BCUT2D eigenvalue weighted by Crippen LogP contribution is -1.82. The van der Waals surface area contributed by atoms with Gasteiger partial charge in [-0.25, -0.2) is 9.97 Å². The maximum Gasteiger partial charge on any atom is 0.178 e. The normalized spacial score (nSPS) is 10.9. The molecule has 2 aromatic rings. The van der Waals surface area contributed by atoms with Gasteiger partial charge in [0.05, 0.1) is 10.5 Å². The first kappa shape index (κ1) is 7.55. The molecule has 2 rings (SSSR count). The average molecular weight is 182 g/mol. The zero-order valence-electron chi connectivity index (χ0n) is 6.85. The van der Waals surface area contributed by atoms with Gasteiger partial charge >= 0.3 is 0 Å². The Morgan fingerprint density at radius 3 is 2.92 bits per heavy atom. The minimum atomic E-state index is 0.672. The van der Waals surface area contributed by atoms with Gasteiger partial charge in [0, 0.05) is 6.20 Å². The van der Waals surface area contributed by atoms with Crippen molar-refractivity contribution in [2.75, 3.05) is 0 Å². The molecule has 0 saturated heterocycles. The van der Waals surface area contributed by atoms with Crippen LogP contribution in [0.3, 0.4) is 0 Å². The van der Waals surface area contributed by atoms with Crippen molar-refractivity contribution < 1.29 is 0 Å². The second-order valence-corrected chi connectivity index (χ2v) is 3.16. The number of aryl methyl sites for hydroxylation is 2. The Kier molecular flexibility index (Phi) is 1.54. The molecule has 4 heteroatoms. The van der Waals surface area contributed by atoms with E-state index in [2.05, 4.69) is 15.0 Å². The average Bonchev–Trinajstić information content (AvgIpc) is 2.39. The van der Waals surface area contributed by atoms with Gasteiger partial charge in [-0.15, -0.1) is 0 Å². The quantitative estimate of drug-likeness (QED) is 0.677. The molecule has 1 N–H and O–H groups in total. The van der Waals surface area contributed by atoms with Crippen LogP contribution in [0.2, 0.25) is 5.02 Å².